The summed E-state index contributed by atoms with van der Waals surface area (Å²) in [6.45, 7) is 4.53. The minimum Gasteiger partial charge on any atom is -0.352 e. The number of carbonyl (C=O) groups excluding carboxylic acids is 1. The minimum atomic E-state index is -4.42. The van der Waals surface area contributed by atoms with Gasteiger partial charge in [-0.3, -0.25) is 4.79 Å². The molecule has 0 radical (unpaired) electrons. The summed E-state index contributed by atoms with van der Waals surface area (Å²) in [7, 11) is 0. The molecule has 0 aromatic heterocycles. The van der Waals surface area contributed by atoms with Crippen molar-refractivity contribution in [3.05, 3.63) is 35.4 Å². The van der Waals surface area contributed by atoms with Gasteiger partial charge in [-0.1, -0.05) is 32.8 Å². The quantitative estimate of drug-likeness (QED) is 0.867. The van der Waals surface area contributed by atoms with Crippen LogP contribution in [0.3, 0.4) is 0 Å². The van der Waals surface area contributed by atoms with E-state index in [2.05, 4.69) is 5.32 Å². The molecule has 0 heterocycles. The van der Waals surface area contributed by atoms with Crippen molar-refractivity contribution in [1.29, 1.82) is 0 Å². The number of rotatable bonds is 5. The predicted molar refractivity (Wildman–Crippen MR) is 67.8 cm³/mol. The summed E-state index contributed by atoms with van der Waals surface area (Å²) < 4.78 is 37.6. The molecule has 0 saturated carbocycles. The lowest BCUT2D eigenvalue weighted by atomic mass is 10.0. The lowest BCUT2D eigenvalue weighted by molar-refractivity contribution is -0.137. The van der Waals surface area contributed by atoms with E-state index in [1.807, 2.05) is 13.8 Å². The van der Waals surface area contributed by atoms with Crippen molar-refractivity contribution in [2.75, 3.05) is 6.54 Å². The van der Waals surface area contributed by atoms with Crippen molar-refractivity contribution < 1.29 is 18.0 Å². The highest BCUT2D eigenvalue weighted by molar-refractivity contribution is 5.94. The lowest BCUT2D eigenvalue weighted by Gasteiger charge is -2.14. The third-order valence-corrected chi connectivity index (χ3v) is 3.16. The van der Waals surface area contributed by atoms with E-state index >= 15 is 0 Å². The highest BCUT2D eigenvalue weighted by atomic mass is 19.4. The molecular weight excluding hydrogens is 255 g/mol. The van der Waals surface area contributed by atoms with Crippen LogP contribution in [0, 0.1) is 5.92 Å². The Bertz CT molecular complexity index is 425. The molecule has 2 nitrogen and oxygen atoms in total. The average molecular weight is 273 g/mol. The first-order chi connectivity index (χ1) is 8.88. The fourth-order valence-electron chi connectivity index (χ4n) is 1.75. The van der Waals surface area contributed by atoms with E-state index < -0.39 is 17.6 Å². The van der Waals surface area contributed by atoms with Gasteiger partial charge in [0.25, 0.3) is 5.91 Å². The zero-order chi connectivity index (χ0) is 14.5. The summed E-state index contributed by atoms with van der Waals surface area (Å²) in [6, 6.07) is 4.46. The number of nitrogens with one attached hydrogen (secondary N) is 1. The first-order valence-corrected chi connectivity index (χ1v) is 6.33. The van der Waals surface area contributed by atoms with E-state index in [9.17, 15) is 18.0 Å². The molecule has 106 valence electrons. The summed E-state index contributed by atoms with van der Waals surface area (Å²) in [4.78, 5) is 11.8. The van der Waals surface area contributed by atoms with Crippen molar-refractivity contribution in [1.82, 2.24) is 5.32 Å². The van der Waals surface area contributed by atoms with Gasteiger partial charge >= 0.3 is 6.18 Å². The second kappa shape index (κ2) is 6.59. The van der Waals surface area contributed by atoms with Crippen LogP contribution in [0.1, 0.15) is 42.6 Å². The molecule has 0 unspecified atom stereocenters. The zero-order valence-electron chi connectivity index (χ0n) is 11.1. The van der Waals surface area contributed by atoms with Crippen molar-refractivity contribution in [2.45, 2.75) is 32.9 Å². The number of amides is 1. The molecule has 0 bridgehead atoms. The Morgan fingerprint density at radius 2 is 1.89 bits per heavy atom. The number of halogens is 3. The summed E-state index contributed by atoms with van der Waals surface area (Å²) in [5, 5.41) is 2.67. The molecule has 0 aliphatic carbocycles. The Morgan fingerprint density at radius 1 is 1.26 bits per heavy atom. The van der Waals surface area contributed by atoms with Crippen LogP contribution in [0.4, 0.5) is 13.2 Å². The predicted octanol–water partition coefficient (Wildman–Crippen LogP) is 3.87. The highest BCUT2D eigenvalue weighted by Crippen LogP contribution is 2.29. The van der Waals surface area contributed by atoms with Crippen LogP contribution < -0.4 is 5.32 Å². The van der Waals surface area contributed by atoms with Crippen molar-refractivity contribution in [3.8, 4) is 0 Å². The first kappa shape index (κ1) is 15.5. The maximum Gasteiger partial charge on any atom is 0.416 e. The summed E-state index contributed by atoms with van der Waals surface area (Å²) in [5.41, 5.74) is -0.761. The highest BCUT2D eigenvalue weighted by Gasteiger charge is 2.30. The average Bonchev–Trinajstić information content (AvgIpc) is 2.39. The maximum absolute atomic E-state index is 12.5. The largest absolute Gasteiger partial charge is 0.416 e. The van der Waals surface area contributed by atoms with Crippen molar-refractivity contribution in [3.63, 3.8) is 0 Å². The summed E-state index contributed by atoms with van der Waals surface area (Å²) in [6.07, 6.45) is -2.57. The molecule has 1 aromatic carbocycles. The zero-order valence-corrected chi connectivity index (χ0v) is 11.1. The van der Waals surface area contributed by atoms with Crippen LogP contribution in [0.25, 0.3) is 0 Å². The van der Waals surface area contributed by atoms with Gasteiger partial charge in [0.1, 0.15) is 0 Å². The number of benzene rings is 1. The minimum absolute atomic E-state index is 0.0424. The van der Waals surface area contributed by atoms with Crippen LogP contribution in [0.5, 0.6) is 0 Å². The van der Waals surface area contributed by atoms with Crippen molar-refractivity contribution >= 4 is 5.91 Å². The second-order valence-corrected chi connectivity index (χ2v) is 4.47. The molecule has 1 amide bonds. The molecular formula is C14H18F3NO. The number of hydrogen-bond donors (Lipinski definition) is 1. The van der Waals surface area contributed by atoms with Gasteiger partial charge in [0.2, 0.25) is 0 Å². The van der Waals surface area contributed by atoms with Gasteiger partial charge in [0.05, 0.1) is 5.56 Å². The summed E-state index contributed by atoms with van der Waals surface area (Å²) >= 11 is 0. The van der Waals surface area contributed by atoms with Gasteiger partial charge in [0.15, 0.2) is 0 Å². The molecule has 0 spiro atoms. The van der Waals surface area contributed by atoms with E-state index in [-0.39, 0.29) is 5.56 Å². The number of alkyl halides is 3. The Labute approximate surface area is 111 Å². The fourth-order valence-corrected chi connectivity index (χ4v) is 1.75. The normalized spacial score (nSPS) is 11.7. The Balaban J connectivity index is 2.72. The van der Waals surface area contributed by atoms with Gasteiger partial charge < -0.3 is 5.32 Å². The first-order valence-electron chi connectivity index (χ1n) is 6.33. The van der Waals surface area contributed by atoms with E-state index in [0.29, 0.717) is 12.5 Å². The Morgan fingerprint density at radius 3 is 2.42 bits per heavy atom. The second-order valence-electron chi connectivity index (χ2n) is 4.47. The standard InChI is InChI=1S/C14H18F3NO/c1-3-10(4-2)9-18-13(19)11-6-5-7-12(8-11)14(15,16)17/h5-8,10H,3-4,9H2,1-2H3,(H,18,19). The summed E-state index contributed by atoms with van der Waals surface area (Å²) in [5.74, 6) is -0.104. The SMILES string of the molecule is CCC(CC)CNC(=O)c1cccc(C(F)(F)F)c1. The van der Waals surface area contributed by atoms with Crippen LogP contribution in [-0.2, 0) is 6.18 Å². The van der Waals surface area contributed by atoms with Crippen molar-refractivity contribution in [2.24, 2.45) is 5.92 Å². The number of hydrogen-bond acceptors (Lipinski definition) is 1. The topological polar surface area (TPSA) is 29.1 Å². The van der Waals surface area contributed by atoms with E-state index in [0.717, 1.165) is 25.0 Å². The smallest absolute Gasteiger partial charge is 0.352 e. The molecule has 0 atom stereocenters. The van der Waals surface area contributed by atoms with Gasteiger partial charge in [-0.05, 0) is 24.1 Å². The monoisotopic (exact) mass is 273 g/mol. The van der Waals surface area contributed by atoms with Gasteiger partial charge in [-0.15, -0.1) is 0 Å². The lowest BCUT2D eigenvalue weighted by Crippen LogP contribution is -2.29. The maximum atomic E-state index is 12.5. The fraction of sp³-hybridized carbons (Fsp3) is 0.500. The number of carbonyl (C=O) groups is 1. The molecule has 0 saturated heterocycles. The third kappa shape index (κ3) is 4.58. The van der Waals surface area contributed by atoms with Gasteiger partial charge in [0, 0.05) is 12.1 Å². The van der Waals surface area contributed by atoms with Gasteiger partial charge in [-0.2, -0.15) is 13.2 Å². The molecule has 1 rings (SSSR count). The molecule has 5 heteroatoms. The van der Waals surface area contributed by atoms with E-state index in [4.69, 9.17) is 0 Å². The van der Waals surface area contributed by atoms with Crippen LogP contribution in [0.15, 0.2) is 24.3 Å². The molecule has 0 aliphatic heterocycles. The molecule has 1 aromatic rings. The Kier molecular flexibility index (Phi) is 5.39. The van der Waals surface area contributed by atoms with E-state index in [1.165, 1.54) is 12.1 Å². The molecule has 0 aliphatic rings. The van der Waals surface area contributed by atoms with Crippen LogP contribution >= 0.6 is 0 Å². The van der Waals surface area contributed by atoms with Gasteiger partial charge in [-0.25, -0.2) is 0 Å². The van der Waals surface area contributed by atoms with Crippen LogP contribution in [-0.4, -0.2) is 12.5 Å². The third-order valence-electron chi connectivity index (χ3n) is 3.16. The van der Waals surface area contributed by atoms with E-state index in [1.54, 1.807) is 0 Å². The Hall–Kier alpha value is -1.52. The molecule has 1 N–H and O–H groups in total. The van der Waals surface area contributed by atoms with Crippen LogP contribution in [0.2, 0.25) is 0 Å². The molecule has 0 fully saturated rings. The molecule has 19 heavy (non-hydrogen) atoms.